The molecule has 0 saturated heterocycles. The normalized spacial score (nSPS) is 10.5. The van der Waals surface area contributed by atoms with Crippen LogP contribution in [0.15, 0.2) is 24.3 Å². The van der Waals surface area contributed by atoms with Gasteiger partial charge in [0.25, 0.3) is 0 Å². The van der Waals surface area contributed by atoms with Crippen LogP contribution in [0.25, 0.3) is 0 Å². The Hall–Kier alpha value is -2.76. The highest BCUT2D eigenvalue weighted by Gasteiger charge is 2.15. The van der Waals surface area contributed by atoms with Gasteiger partial charge in [-0.25, -0.2) is 0 Å². The third-order valence-electron chi connectivity index (χ3n) is 2.75. The molecule has 6 heteroatoms. The molecule has 0 saturated carbocycles. The average Bonchev–Trinajstić information content (AvgIpc) is 2.36. The number of aromatic hydroxyl groups is 6. The van der Waals surface area contributed by atoms with E-state index in [0.717, 1.165) is 6.07 Å². The summed E-state index contributed by atoms with van der Waals surface area (Å²) in [4.78, 5) is 0. The molecule has 0 heterocycles. The lowest BCUT2D eigenvalue weighted by Gasteiger charge is -2.10. The molecule has 100 valence electrons. The molecule has 0 spiro atoms. The minimum Gasteiger partial charge on any atom is -0.508 e. The molecule has 0 bridgehead atoms. The Bertz CT molecular complexity index is 636. The van der Waals surface area contributed by atoms with Gasteiger partial charge in [-0.1, -0.05) is 6.07 Å². The average molecular weight is 264 g/mol. The van der Waals surface area contributed by atoms with Gasteiger partial charge in [0.1, 0.15) is 5.75 Å². The lowest BCUT2D eigenvalue weighted by Crippen LogP contribution is -1.91. The van der Waals surface area contributed by atoms with Crippen LogP contribution < -0.4 is 0 Å². The lowest BCUT2D eigenvalue weighted by atomic mass is 10.0. The predicted octanol–water partition coefficient (Wildman–Crippen LogP) is 1.51. The van der Waals surface area contributed by atoms with Crippen molar-refractivity contribution in [1.29, 1.82) is 0 Å². The van der Waals surface area contributed by atoms with E-state index >= 15 is 0 Å². The van der Waals surface area contributed by atoms with E-state index in [0.29, 0.717) is 0 Å². The van der Waals surface area contributed by atoms with Crippen molar-refractivity contribution in [3.8, 4) is 34.5 Å². The van der Waals surface area contributed by atoms with Gasteiger partial charge in [-0.15, -0.1) is 0 Å². The Morgan fingerprint density at radius 2 is 1.32 bits per heavy atom. The molecule has 0 aliphatic carbocycles. The van der Waals surface area contributed by atoms with Crippen LogP contribution in [0.1, 0.15) is 11.1 Å². The molecular weight excluding hydrogens is 252 g/mol. The minimum atomic E-state index is -0.665. The van der Waals surface area contributed by atoms with Crippen LogP contribution in [0.4, 0.5) is 0 Å². The van der Waals surface area contributed by atoms with Gasteiger partial charge < -0.3 is 30.6 Å². The minimum absolute atomic E-state index is 0.0481. The topological polar surface area (TPSA) is 121 Å². The third-order valence-corrected chi connectivity index (χ3v) is 2.75. The largest absolute Gasteiger partial charge is 0.508 e. The van der Waals surface area contributed by atoms with Crippen LogP contribution in [0.3, 0.4) is 0 Å². The predicted molar refractivity (Wildman–Crippen MR) is 65.7 cm³/mol. The van der Waals surface area contributed by atoms with Gasteiger partial charge >= 0.3 is 0 Å². The SMILES string of the molecule is Oc1cc(O)c(O)c(Cc2ccc(O)c(O)c2O)c1. The number of phenolic OH excluding ortho intramolecular Hbond substituents is 6. The van der Waals surface area contributed by atoms with E-state index in [4.69, 9.17) is 0 Å². The lowest BCUT2D eigenvalue weighted by molar-refractivity contribution is 0.365. The Morgan fingerprint density at radius 3 is 2.00 bits per heavy atom. The number of hydrogen-bond donors (Lipinski definition) is 6. The van der Waals surface area contributed by atoms with Crippen LogP contribution in [-0.4, -0.2) is 30.6 Å². The van der Waals surface area contributed by atoms with E-state index in [2.05, 4.69) is 0 Å². The molecular formula is C13H12O6. The molecule has 0 atom stereocenters. The zero-order valence-electron chi connectivity index (χ0n) is 9.70. The molecule has 2 aromatic rings. The first-order chi connectivity index (χ1) is 8.90. The highest BCUT2D eigenvalue weighted by Crippen LogP contribution is 2.40. The van der Waals surface area contributed by atoms with Gasteiger partial charge in [-0.05, 0) is 12.1 Å². The summed E-state index contributed by atoms with van der Waals surface area (Å²) in [6.45, 7) is 0. The fourth-order valence-corrected chi connectivity index (χ4v) is 1.75. The maximum atomic E-state index is 9.65. The van der Waals surface area contributed by atoms with Crippen LogP contribution in [0, 0.1) is 0 Å². The fourth-order valence-electron chi connectivity index (χ4n) is 1.75. The third kappa shape index (κ3) is 2.28. The number of rotatable bonds is 2. The van der Waals surface area contributed by atoms with Crippen molar-refractivity contribution in [1.82, 2.24) is 0 Å². The number of benzene rings is 2. The monoisotopic (exact) mass is 264 g/mol. The number of hydrogen-bond acceptors (Lipinski definition) is 6. The molecule has 0 aliphatic heterocycles. The van der Waals surface area contributed by atoms with Crippen LogP contribution in [0.5, 0.6) is 34.5 Å². The zero-order valence-corrected chi connectivity index (χ0v) is 9.70. The first-order valence-electron chi connectivity index (χ1n) is 5.36. The van der Waals surface area contributed by atoms with Crippen molar-refractivity contribution >= 4 is 0 Å². The quantitative estimate of drug-likeness (QED) is 0.361. The summed E-state index contributed by atoms with van der Waals surface area (Å²) < 4.78 is 0. The molecule has 19 heavy (non-hydrogen) atoms. The van der Waals surface area contributed by atoms with E-state index in [9.17, 15) is 30.6 Å². The Labute approximate surface area is 108 Å². The Kier molecular flexibility index (Phi) is 3.00. The summed E-state index contributed by atoms with van der Waals surface area (Å²) in [7, 11) is 0. The van der Waals surface area contributed by atoms with Crippen molar-refractivity contribution in [3.05, 3.63) is 35.4 Å². The second-order valence-corrected chi connectivity index (χ2v) is 4.09. The van der Waals surface area contributed by atoms with Gasteiger partial charge in [0.2, 0.25) is 5.75 Å². The second kappa shape index (κ2) is 4.49. The van der Waals surface area contributed by atoms with E-state index in [-0.39, 0.29) is 23.3 Å². The van der Waals surface area contributed by atoms with Gasteiger partial charge in [0.15, 0.2) is 23.0 Å². The van der Waals surface area contributed by atoms with Crippen LogP contribution in [-0.2, 0) is 6.42 Å². The molecule has 6 N–H and O–H groups in total. The maximum Gasteiger partial charge on any atom is 0.200 e. The summed E-state index contributed by atoms with van der Waals surface area (Å²) in [6, 6.07) is 4.74. The van der Waals surface area contributed by atoms with Gasteiger partial charge in [0.05, 0.1) is 0 Å². The van der Waals surface area contributed by atoms with E-state index < -0.39 is 28.7 Å². The first kappa shape index (κ1) is 12.7. The van der Waals surface area contributed by atoms with Gasteiger partial charge in [-0.2, -0.15) is 0 Å². The van der Waals surface area contributed by atoms with E-state index in [1.807, 2.05) is 0 Å². The number of phenols is 6. The molecule has 2 aromatic carbocycles. The molecule has 6 nitrogen and oxygen atoms in total. The highest BCUT2D eigenvalue weighted by molar-refractivity contribution is 5.57. The van der Waals surface area contributed by atoms with Gasteiger partial charge in [-0.3, -0.25) is 0 Å². The van der Waals surface area contributed by atoms with Crippen molar-refractivity contribution in [2.75, 3.05) is 0 Å². The maximum absolute atomic E-state index is 9.65. The van der Waals surface area contributed by atoms with E-state index in [1.54, 1.807) is 0 Å². The summed E-state index contributed by atoms with van der Waals surface area (Å²) in [5.74, 6) is -2.82. The Balaban J connectivity index is 2.45. The summed E-state index contributed by atoms with van der Waals surface area (Å²) >= 11 is 0. The molecule has 0 radical (unpaired) electrons. The first-order valence-corrected chi connectivity index (χ1v) is 5.36. The van der Waals surface area contributed by atoms with Crippen molar-refractivity contribution in [2.24, 2.45) is 0 Å². The standard InChI is InChI=1S/C13H12O6/c14-8-4-7(11(17)10(16)5-8)3-6-1-2-9(15)13(19)12(6)18/h1-2,4-5,14-19H,3H2. The summed E-state index contributed by atoms with van der Waals surface area (Å²) in [5.41, 5.74) is 0.383. The Morgan fingerprint density at radius 1 is 0.632 bits per heavy atom. The highest BCUT2D eigenvalue weighted by atomic mass is 16.3. The molecule has 0 fully saturated rings. The zero-order chi connectivity index (χ0) is 14.2. The summed E-state index contributed by atoms with van der Waals surface area (Å²) in [5, 5.41) is 56.6. The summed E-state index contributed by atoms with van der Waals surface area (Å²) in [6.07, 6.45) is -0.0481. The van der Waals surface area contributed by atoms with Crippen LogP contribution in [0.2, 0.25) is 0 Å². The van der Waals surface area contributed by atoms with Crippen molar-refractivity contribution in [2.45, 2.75) is 6.42 Å². The molecule has 0 unspecified atom stereocenters. The van der Waals surface area contributed by atoms with Gasteiger partial charge in [0, 0.05) is 23.6 Å². The van der Waals surface area contributed by atoms with Crippen LogP contribution >= 0.6 is 0 Å². The molecule has 0 amide bonds. The van der Waals surface area contributed by atoms with Crippen molar-refractivity contribution < 1.29 is 30.6 Å². The molecule has 0 aromatic heterocycles. The molecule has 2 rings (SSSR count). The second-order valence-electron chi connectivity index (χ2n) is 4.09. The smallest absolute Gasteiger partial charge is 0.200 e. The van der Waals surface area contributed by atoms with E-state index in [1.165, 1.54) is 18.2 Å². The fraction of sp³-hybridized carbons (Fsp3) is 0.0769. The molecule has 0 aliphatic rings. The van der Waals surface area contributed by atoms with Crippen molar-refractivity contribution in [3.63, 3.8) is 0 Å².